The molecule has 2 aromatic rings. The number of anilines is 1. The number of nitrogens with two attached hydrogens (primary N) is 1. The van der Waals surface area contributed by atoms with Gasteiger partial charge in [-0.2, -0.15) is 0 Å². The highest BCUT2D eigenvalue weighted by atomic mass is 35.5. The number of benzene rings is 1. The van der Waals surface area contributed by atoms with Crippen molar-refractivity contribution in [2.45, 2.75) is 25.9 Å². The first-order valence-corrected chi connectivity index (χ1v) is 9.60. The summed E-state index contributed by atoms with van der Waals surface area (Å²) in [5.41, 5.74) is 9.39. The predicted octanol–water partition coefficient (Wildman–Crippen LogP) is 2.14. The molecule has 1 aromatic carbocycles. The van der Waals surface area contributed by atoms with Gasteiger partial charge in [0.25, 0.3) is 0 Å². The first-order chi connectivity index (χ1) is 12.6. The Balaban J connectivity index is 1.40. The van der Waals surface area contributed by atoms with Crippen molar-refractivity contribution in [3.05, 3.63) is 58.2 Å². The number of nitrogen functional groups attached to an aromatic ring is 1. The Morgan fingerprint density at radius 2 is 2.00 bits per heavy atom. The Hall–Kier alpha value is -1.66. The molecule has 1 aliphatic rings. The standard InChI is InChI=1S/C20H28ClN5/c1-14-8-18(26-20(22)9-14)10-16-12-24-13-19(16)25-7-6-23-11-15-2-4-17(21)5-3-15/h2-5,8-9,16,19,23-25H,6-7,10-13H2,1H3,(H2,22,26). The van der Waals surface area contributed by atoms with Crippen molar-refractivity contribution in [3.63, 3.8) is 0 Å². The molecule has 1 aliphatic heterocycles. The van der Waals surface area contributed by atoms with Crippen molar-refractivity contribution < 1.29 is 0 Å². The fourth-order valence-electron chi connectivity index (χ4n) is 3.51. The third kappa shape index (κ3) is 5.68. The third-order valence-corrected chi connectivity index (χ3v) is 5.06. The van der Waals surface area contributed by atoms with Crippen LogP contribution in [0.25, 0.3) is 0 Å². The van der Waals surface area contributed by atoms with Gasteiger partial charge in [0.2, 0.25) is 0 Å². The van der Waals surface area contributed by atoms with Crippen LogP contribution in [0.2, 0.25) is 5.02 Å². The number of nitrogens with one attached hydrogen (secondary N) is 3. The number of nitrogens with zero attached hydrogens (tertiary/aromatic N) is 1. The molecule has 140 valence electrons. The van der Waals surface area contributed by atoms with Crippen LogP contribution in [-0.4, -0.2) is 37.2 Å². The molecule has 5 nitrogen and oxygen atoms in total. The second-order valence-corrected chi connectivity index (χ2v) is 7.48. The van der Waals surface area contributed by atoms with Gasteiger partial charge in [-0.15, -0.1) is 0 Å². The quantitative estimate of drug-likeness (QED) is 0.533. The minimum Gasteiger partial charge on any atom is -0.384 e. The molecule has 5 N–H and O–H groups in total. The second kappa shape index (κ2) is 9.33. The zero-order valence-corrected chi connectivity index (χ0v) is 16.0. The van der Waals surface area contributed by atoms with E-state index < -0.39 is 0 Å². The molecule has 0 spiro atoms. The minimum absolute atomic E-state index is 0.468. The van der Waals surface area contributed by atoms with Crippen molar-refractivity contribution in [3.8, 4) is 0 Å². The molecule has 0 amide bonds. The molecule has 0 saturated carbocycles. The van der Waals surface area contributed by atoms with Crippen LogP contribution in [0, 0.1) is 12.8 Å². The van der Waals surface area contributed by atoms with Crippen molar-refractivity contribution in [1.82, 2.24) is 20.9 Å². The summed E-state index contributed by atoms with van der Waals surface area (Å²) in [5, 5.41) is 11.4. The number of rotatable bonds is 8. The number of aryl methyl sites for hydroxylation is 1. The fourth-order valence-corrected chi connectivity index (χ4v) is 3.63. The molecule has 1 saturated heterocycles. The minimum atomic E-state index is 0.468. The normalized spacial score (nSPS) is 19.8. The molecule has 2 atom stereocenters. The Kier molecular flexibility index (Phi) is 6.86. The van der Waals surface area contributed by atoms with E-state index in [4.69, 9.17) is 17.3 Å². The highest BCUT2D eigenvalue weighted by molar-refractivity contribution is 6.30. The summed E-state index contributed by atoms with van der Waals surface area (Å²) in [4.78, 5) is 4.48. The van der Waals surface area contributed by atoms with E-state index in [9.17, 15) is 0 Å². The fraction of sp³-hybridized carbons (Fsp3) is 0.450. The Morgan fingerprint density at radius 1 is 1.19 bits per heavy atom. The number of pyridine rings is 1. The molecule has 2 heterocycles. The maximum Gasteiger partial charge on any atom is 0.123 e. The van der Waals surface area contributed by atoms with Crippen LogP contribution in [0.5, 0.6) is 0 Å². The summed E-state index contributed by atoms with van der Waals surface area (Å²) in [7, 11) is 0. The van der Waals surface area contributed by atoms with Gasteiger partial charge in [-0.05, 0) is 61.2 Å². The van der Waals surface area contributed by atoms with Gasteiger partial charge in [0.05, 0.1) is 0 Å². The van der Waals surface area contributed by atoms with Crippen molar-refractivity contribution >= 4 is 17.4 Å². The highest BCUT2D eigenvalue weighted by Crippen LogP contribution is 2.17. The lowest BCUT2D eigenvalue weighted by atomic mass is 9.97. The Labute approximate surface area is 160 Å². The van der Waals surface area contributed by atoms with Crippen molar-refractivity contribution in [2.24, 2.45) is 5.92 Å². The van der Waals surface area contributed by atoms with E-state index in [-0.39, 0.29) is 0 Å². The van der Waals surface area contributed by atoms with Crippen LogP contribution < -0.4 is 21.7 Å². The topological polar surface area (TPSA) is 75.0 Å². The SMILES string of the molecule is Cc1cc(N)nc(CC2CNCC2NCCNCc2ccc(Cl)cc2)c1. The summed E-state index contributed by atoms with van der Waals surface area (Å²) in [6, 6.07) is 12.5. The van der Waals surface area contributed by atoms with E-state index in [1.54, 1.807) is 0 Å². The number of aromatic nitrogens is 1. The maximum atomic E-state index is 5.91. The molecular formula is C20H28ClN5. The van der Waals surface area contributed by atoms with E-state index in [1.165, 1.54) is 11.1 Å². The monoisotopic (exact) mass is 373 g/mol. The molecule has 0 radical (unpaired) electrons. The number of hydrogen-bond acceptors (Lipinski definition) is 5. The molecule has 26 heavy (non-hydrogen) atoms. The van der Waals surface area contributed by atoms with Gasteiger partial charge < -0.3 is 21.7 Å². The summed E-state index contributed by atoms with van der Waals surface area (Å²) in [6.45, 7) is 6.82. The van der Waals surface area contributed by atoms with Gasteiger partial charge in [0.15, 0.2) is 0 Å². The van der Waals surface area contributed by atoms with Crippen molar-refractivity contribution in [2.75, 3.05) is 31.9 Å². The third-order valence-electron chi connectivity index (χ3n) is 4.80. The molecular weight excluding hydrogens is 346 g/mol. The average Bonchev–Trinajstić information content (AvgIpc) is 3.02. The van der Waals surface area contributed by atoms with Crippen molar-refractivity contribution in [1.29, 1.82) is 0 Å². The second-order valence-electron chi connectivity index (χ2n) is 7.05. The average molecular weight is 374 g/mol. The van der Waals surface area contributed by atoms with Crippen LogP contribution in [-0.2, 0) is 13.0 Å². The molecule has 0 aliphatic carbocycles. The Morgan fingerprint density at radius 3 is 2.77 bits per heavy atom. The van der Waals surface area contributed by atoms with Crippen LogP contribution >= 0.6 is 11.6 Å². The number of hydrogen-bond donors (Lipinski definition) is 4. The van der Waals surface area contributed by atoms with E-state index in [1.807, 2.05) is 18.2 Å². The zero-order chi connectivity index (χ0) is 18.4. The van der Waals surface area contributed by atoms with Gasteiger partial charge in [-0.25, -0.2) is 4.98 Å². The van der Waals surface area contributed by atoms with Crippen LogP contribution in [0.3, 0.4) is 0 Å². The van der Waals surface area contributed by atoms with E-state index in [0.717, 1.165) is 49.9 Å². The lowest BCUT2D eigenvalue weighted by molar-refractivity contribution is 0.419. The predicted molar refractivity (Wildman–Crippen MR) is 108 cm³/mol. The molecule has 0 bridgehead atoms. The Bertz CT molecular complexity index is 684. The zero-order valence-electron chi connectivity index (χ0n) is 15.3. The highest BCUT2D eigenvalue weighted by Gasteiger charge is 2.26. The molecule has 3 rings (SSSR count). The largest absolute Gasteiger partial charge is 0.384 e. The van der Waals surface area contributed by atoms with Gasteiger partial charge in [0.1, 0.15) is 5.82 Å². The van der Waals surface area contributed by atoms with Gasteiger partial charge in [0, 0.05) is 42.9 Å². The van der Waals surface area contributed by atoms with Gasteiger partial charge in [-0.1, -0.05) is 23.7 Å². The smallest absolute Gasteiger partial charge is 0.123 e. The van der Waals surface area contributed by atoms with Gasteiger partial charge >= 0.3 is 0 Å². The van der Waals surface area contributed by atoms with Crippen LogP contribution in [0.4, 0.5) is 5.82 Å². The number of halogens is 1. The summed E-state index contributed by atoms with van der Waals surface area (Å²) in [5.74, 6) is 1.15. The first kappa shape index (κ1) is 19.1. The summed E-state index contributed by atoms with van der Waals surface area (Å²) < 4.78 is 0. The van der Waals surface area contributed by atoms with Crippen LogP contribution in [0.1, 0.15) is 16.8 Å². The lowest BCUT2D eigenvalue weighted by Crippen LogP contribution is -2.40. The molecule has 2 unspecified atom stereocenters. The van der Waals surface area contributed by atoms with E-state index in [2.05, 4.69) is 46.1 Å². The van der Waals surface area contributed by atoms with Gasteiger partial charge in [-0.3, -0.25) is 0 Å². The van der Waals surface area contributed by atoms with Crippen LogP contribution in [0.15, 0.2) is 36.4 Å². The molecule has 1 fully saturated rings. The summed E-state index contributed by atoms with van der Waals surface area (Å²) >= 11 is 5.91. The lowest BCUT2D eigenvalue weighted by Gasteiger charge is -2.20. The maximum absolute atomic E-state index is 5.91. The molecule has 6 heteroatoms. The first-order valence-electron chi connectivity index (χ1n) is 9.22. The summed E-state index contributed by atoms with van der Waals surface area (Å²) in [6.07, 6.45) is 0.953. The van der Waals surface area contributed by atoms with E-state index in [0.29, 0.717) is 17.8 Å². The molecule has 1 aromatic heterocycles. The van der Waals surface area contributed by atoms with E-state index >= 15 is 0 Å².